The molecule has 0 bridgehead atoms. The number of benzene rings is 3. The lowest BCUT2D eigenvalue weighted by Crippen LogP contribution is -2.29. The lowest BCUT2D eigenvalue weighted by Gasteiger charge is -2.18. The third-order valence-electron chi connectivity index (χ3n) is 5.36. The third-order valence-corrected chi connectivity index (χ3v) is 5.36. The number of rotatable bonds is 7. The molecule has 2 amide bonds. The van der Waals surface area contributed by atoms with E-state index in [1.54, 1.807) is 31.2 Å². The number of likely N-dealkylation sites (N-methyl/N-ethyl adjacent to an activating group) is 1. The van der Waals surface area contributed by atoms with Gasteiger partial charge in [0.1, 0.15) is 0 Å². The fourth-order valence-electron chi connectivity index (χ4n) is 3.64. The van der Waals surface area contributed by atoms with Gasteiger partial charge in [-0.3, -0.25) is 9.59 Å². The van der Waals surface area contributed by atoms with Crippen LogP contribution in [0.4, 0.5) is 11.4 Å². The highest BCUT2D eigenvalue weighted by Gasteiger charge is 2.28. The molecule has 3 aromatic carbocycles. The van der Waals surface area contributed by atoms with Crippen LogP contribution in [0.1, 0.15) is 21.5 Å². The Morgan fingerprint density at radius 3 is 2.34 bits per heavy atom. The molecule has 0 spiro atoms. The number of amides is 2. The molecule has 0 fully saturated rings. The largest absolute Gasteiger partial charge is 0.383 e. The van der Waals surface area contributed by atoms with Gasteiger partial charge in [-0.1, -0.05) is 48.5 Å². The first-order chi connectivity index (χ1) is 15.6. The van der Waals surface area contributed by atoms with Crippen molar-refractivity contribution in [3.8, 4) is 0 Å². The predicted molar refractivity (Wildman–Crippen MR) is 127 cm³/mol. The number of hydrogen-bond donors (Lipinski definition) is 2. The number of ether oxygens (including phenoxy) is 1. The van der Waals surface area contributed by atoms with Crippen molar-refractivity contribution in [2.45, 2.75) is 0 Å². The smallest absolute Gasteiger partial charge is 0.258 e. The van der Waals surface area contributed by atoms with Gasteiger partial charge in [0.2, 0.25) is 0 Å². The molecule has 0 saturated heterocycles. The zero-order chi connectivity index (χ0) is 22.5. The van der Waals surface area contributed by atoms with Crippen LogP contribution in [0.5, 0.6) is 0 Å². The Morgan fingerprint density at radius 1 is 0.938 bits per heavy atom. The molecule has 6 nitrogen and oxygen atoms in total. The number of carbonyl (C=O) groups excluding carboxylic acids is 2. The van der Waals surface area contributed by atoms with E-state index >= 15 is 0 Å². The summed E-state index contributed by atoms with van der Waals surface area (Å²) in [6.45, 7) is 1.01. The molecular formula is C26H25N3O3. The molecule has 0 aliphatic carbocycles. The zero-order valence-corrected chi connectivity index (χ0v) is 18.1. The Morgan fingerprint density at radius 2 is 1.62 bits per heavy atom. The van der Waals surface area contributed by atoms with Gasteiger partial charge in [-0.05, 0) is 35.9 Å². The van der Waals surface area contributed by atoms with Gasteiger partial charge in [0.05, 0.1) is 17.9 Å². The lowest BCUT2D eigenvalue weighted by molar-refractivity contribution is -0.110. The summed E-state index contributed by atoms with van der Waals surface area (Å²) < 4.78 is 5.04. The molecular weight excluding hydrogens is 402 g/mol. The van der Waals surface area contributed by atoms with Crippen LogP contribution in [0.15, 0.2) is 78.9 Å². The number of nitrogens with one attached hydrogen (secondary N) is 2. The minimum Gasteiger partial charge on any atom is -0.383 e. The van der Waals surface area contributed by atoms with Gasteiger partial charge in [0.25, 0.3) is 11.8 Å². The summed E-state index contributed by atoms with van der Waals surface area (Å²) >= 11 is 0. The summed E-state index contributed by atoms with van der Waals surface area (Å²) in [6.07, 6.45) is 0. The Bertz CT molecular complexity index is 1150. The van der Waals surface area contributed by atoms with Crippen LogP contribution in [-0.4, -0.2) is 44.0 Å². The number of carbonyl (C=O) groups is 2. The molecule has 0 saturated carbocycles. The number of anilines is 2. The summed E-state index contributed by atoms with van der Waals surface area (Å²) in [7, 11) is 3.36. The quantitative estimate of drug-likeness (QED) is 0.551. The average Bonchev–Trinajstić information content (AvgIpc) is 3.17. The molecule has 3 aromatic rings. The zero-order valence-electron chi connectivity index (χ0n) is 18.1. The summed E-state index contributed by atoms with van der Waals surface area (Å²) in [5, 5.41) is 6.35. The van der Waals surface area contributed by atoms with Gasteiger partial charge in [-0.15, -0.1) is 0 Å². The van der Waals surface area contributed by atoms with E-state index in [1.165, 1.54) is 0 Å². The van der Waals surface area contributed by atoms with Gasteiger partial charge in [0, 0.05) is 43.2 Å². The van der Waals surface area contributed by atoms with E-state index in [2.05, 4.69) is 10.6 Å². The fraction of sp³-hybridized carbons (Fsp3) is 0.154. The van der Waals surface area contributed by atoms with Gasteiger partial charge in [-0.25, -0.2) is 0 Å². The normalized spacial score (nSPS) is 13.9. The number of hydrogen-bond acceptors (Lipinski definition) is 4. The minimum atomic E-state index is -0.149. The second-order valence-corrected chi connectivity index (χ2v) is 7.54. The van der Waals surface area contributed by atoms with Crippen LogP contribution < -0.4 is 10.6 Å². The lowest BCUT2D eigenvalue weighted by atomic mass is 10.00. The monoisotopic (exact) mass is 427 g/mol. The van der Waals surface area contributed by atoms with Gasteiger partial charge >= 0.3 is 0 Å². The number of para-hydroxylation sites is 1. The van der Waals surface area contributed by atoms with Crippen molar-refractivity contribution >= 4 is 34.5 Å². The van der Waals surface area contributed by atoms with E-state index in [0.29, 0.717) is 30.0 Å². The summed E-state index contributed by atoms with van der Waals surface area (Å²) in [4.78, 5) is 27.1. The molecule has 32 heavy (non-hydrogen) atoms. The van der Waals surface area contributed by atoms with E-state index in [0.717, 1.165) is 22.5 Å². The second-order valence-electron chi connectivity index (χ2n) is 7.54. The topological polar surface area (TPSA) is 70.7 Å². The van der Waals surface area contributed by atoms with E-state index < -0.39 is 0 Å². The number of methoxy groups -OCH3 is 1. The molecule has 1 aliphatic rings. The van der Waals surface area contributed by atoms with Crippen molar-refractivity contribution in [3.63, 3.8) is 0 Å². The Balaban J connectivity index is 1.67. The molecule has 0 radical (unpaired) electrons. The van der Waals surface area contributed by atoms with Gasteiger partial charge < -0.3 is 20.3 Å². The first-order valence-electron chi connectivity index (χ1n) is 10.4. The van der Waals surface area contributed by atoms with Crippen LogP contribution in [0.2, 0.25) is 0 Å². The van der Waals surface area contributed by atoms with Crippen molar-refractivity contribution < 1.29 is 14.3 Å². The Hall–Kier alpha value is -3.90. The third kappa shape index (κ3) is 4.40. The second kappa shape index (κ2) is 9.49. The molecule has 1 heterocycles. The minimum absolute atomic E-state index is 0.0701. The van der Waals surface area contributed by atoms with Crippen molar-refractivity contribution in [1.82, 2.24) is 4.90 Å². The summed E-state index contributed by atoms with van der Waals surface area (Å²) in [5.41, 5.74) is 5.22. The van der Waals surface area contributed by atoms with E-state index in [4.69, 9.17) is 4.74 Å². The standard InChI is InChI=1S/C26H25N3O3/c1-29(16-17-32-2)26(31)19-12-14-20(15-13-19)27-24(18-8-4-3-5-9-18)23-21-10-6-7-11-22(21)28-25(23)30/h3-15,27H,16-17H2,1-2H3,(H,28,30)/b24-23-. The van der Waals surface area contributed by atoms with E-state index in [9.17, 15) is 9.59 Å². The van der Waals surface area contributed by atoms with Gasteiger partial charge in [0.15, 0.2) is 0 Å². The first kappa shape index (κ1) is 21.3. The molecule has 1 aliphatic heterocycles. The molecule has 0 unspecified atom stereocenters. The Kier molecular flexibility index (Phi) is 6.33. The highest BCUT2D eigenvalue weighted by Crippen LogP contribution is 2.37. The first-order valence-corrected chi connectivity index (χ1v) is 10.4. The maximum atomic E-state index is 12.9. The maximum Gasteiger partial charge on any atom is 0.258 e. The molecule has 6 heteroatoms. The van der Waals surface area contributed by atoms with Crippen LogP contribution in [0.25, 0.3) is 11.3 Å². The van der Waals surface area contributed by atoms with Crippen LogP contribution >= 0.6 is 0 Å². The highest BCUT2D eigenvalue weighted by atomic mass is 16.5. The van der Waals surface area contributed by atoms with Crippen LogP contribution in [-0.2, 0) is 9.53 Å². The molecule has 4 rings (SSSR count). The molecule has 2 N–H and O–H groups in total. The highest BCUT2D eigenvalue weighted by molar-refractivity contribution is 6.37. The summed E-state index contributed by atoms with van der Waals surface area (Å²) in [5.74, 6) is -0.219. The number of fused-ring (bicyclic) bond motifs is 1. The summed E-state index contributed by atoms with van der Waals surface area (Å²) in [6, 6.07) is 24.6. The van der Waals surface area contributed by atoms with Crippen molar-refractivity contribution in [1.29, 1.82) is 0 Å². The van der Waals surface area contributed by atoms with Crippen molar-refractivity contribution in [2.24, 2.45) is 0 Å². The predicted octanol–water partition coefficient (Wildman–Crippen LogP) is 4.34. The van der Waals surface area contributed by atoms with Crippen LogP contribution in [0.3, 0.4) is 0 Å². The fourth-order valence-corrected chi connectivity index (χ4v) is 3.64. The van der Waals surface area contributed by atoms with Crippen molar-refractivity contribution in [3.05, 3.63) is 95.6 Å². The maximum absolute atomic E-state index is 12.9. The van der Waals surface area contributed by atoms with Gasteiger partial charge in [-0.2, -0.15) is 0 Å². The van der Waals surface area contributed by atoms with Crippen LogP contribution in [0, 0.1) is 0 Å². The molecule has 0 atom stereocenters. The average molecular weight is 428 g/mol. The van der Waals surface area contributed by atoms with E-state index in [-0.39, 0.29) is 11.8 Å². The molecule has 0 aromatic heterocycles. The Labute approximate surface area is 187 Å². The SMILES string of the molecule is COCCN(C)C(=O)c1ccc(N/C(=C2\C(=O)Nc3ccccc32)c2ccccc2)cc1. The van der Waals surface area contributed by atoms with E-state index in [1.807, 2.05) is 66.7 Å². The van der Waals surface area contributed by atoms with Crippen molar-refractivity contribution in [2.75, 3.05) is 37.9 Å². The number of nitrogens with zero attached hydrogens (tertiary/aromatic N) is 1. The molecule has 162 valence electrons.